The van der Waals surface area contributed by atoms with Crippen molar-refractivity contribution in [3.63, 3.8) is 0 Å². The Morgan fingerprint density at radius 1 is 1.44 bits per heavy atom. The highest BCUT2D eigenvalue weighted by atomic mass is 79.9. The van der Waals surface area contributed by atoms with Gasteiger partial charge in [-0.25, -0.2) is 4.79 Å². The van der Waals surface area contributed by atoms with E-state index in [4.69, 9.17) is 4.74 Å². The molecule has 0 saturated heterocycles. The summed E-state index contributed by atoms with van der Waals surface area (Å²) < 4.78 is 7.42. The van der Waals surface area contributed by atoms with Gasteiger partial charge in [0.25, 0.3) is 5.56 Å². The second-order valence-electron chi connectivity index (χ2n) is 4.81. The van der Waals surface area contributed by atoms with Gasteiger partial charge in [-0.2, -0.15) is 0 Å². The standard InChI is InChI=1S/C12H17BrN2O3/c1-12(2,3)18-11(17)14-6-7-15-8-9(13)4-5-10(15)16/h4-5,8H,6-7H2,1-3H3,(H,14,17). The lowest BCUT2D eigenvalue weighted by Gasteiger charge is -2.19. The second-order valence-corrected chi connectivity index (χ2v) is 5.72. The van der Waals surface area contributed by atoms with Crippen LogP contribution in [0.2, 0.25) is 0 Å². The lowest BCUT2D eigenvalue weighted by atomic mass is 10.2. The number of alkyl carbamates (subject to hydrolysis) is 1. The molecule has 1 aromatic heterocycles. The molecule has 0 aliphatic heterocycles. The molecule has 0 aliphatic carbocycles. The molecule has 1 amide bonds. The Morgan fingerprint density at radius 2 is 2.11 bits per heavy atom. The molecule has 0 bridgehead atoms. The molecule has 1 aromatic rings. The third-order valence-corrected chi connectivity index (χ3v) is 2.44. The summed E-state index contributed by atoms with van der Waals surface area (Å²) in [6, 6.07) is 3.15. The number of halogens is 1. The van der Waals surface area contributed by atoms with Crippen LogP contribution in [0.5, 0.6) is 0 Å². The highest BCUT2D eigenvalue weighted by Crippen LogP contribution is 2.06. The van der Waals surface area contributed by atoms with E-state index in [9.17, 15) is 9.59 Å². The molecule has 0 aliphatic rings. The molecule has 100 valence electrons. The first-order chi connectivity index (χ1) is 8.28. The summed E-state index contributed by atoms with van der Waals surface area (Å²) in [7, 11) is 0. The first-order valence-corrected chi connectivity index (χ1v) is 6.40. The number of nitrogens with one attached hydrogen (secondary N) is 1. The van der Waals surface area contributed by atoms with E-state index in [-0.39, 0.29) is 5.56 Å². The summed E-state index contributed by atoms with van der Waals surface area (Å²) >= 11 is 3.29. The molecule has 6 heteroatoms. The Balaban J connectivity index is 2.45. The van der Waals surface area contributed by atoms with Crippen molar-refractivity contribution < 1.29 is 9.53 Å². The van der Waals surface area contributed by atoms with Crippen LogP contribution >= 0.6 is 15.9 Å². The zero-order valence-corrected chi connectivity index (χ0v) is 12.3. The van der Waals surface area contributed by atoms with E-state index in [1.54, 1.807) is 33.0 Å². The van der Waals surface area contributed by atoms with Crippen LogP contribution in [0.25, 0.3) is 0 Å². The molecular weight excluding hydrogens is 300 g/mol. The number of hydrogen-bond donors (Lipinski definition) is 1. The molecule has 18 heavy (non-hydrogen) atoms. The molecule has 0 unspecified atom stereocenters. The Bertz CT molecular complexity index is 477. The van der Waals surface area contributed by atoms with E-state index in [1.807, 2.05) is 0 Å². The minimum atomic E-state index is -0.517. The number of pyridine rings is 1. The van der Waals surface area contributed by atoms with Crippen molar-refractivity contribution in [1.29, 1.82) is 0 Å². The fraction of sp³-hybridized carbons (Fsp3) is 0.500. The van der Waals surface area contributed by atoms with Crippen LogP contribution in [-0.4, -0.2) is 22.8 Å². The van der Waals surface area contributed by atoms with Crippen LogP contribution in [0.4, 0.5) is 4.79 Å². The maximum Gasteiger partial charge on any atom is 0.407 e. The van der Waals surface area contributed by atoms with E-state index in [2.05, 4.69) is 21.2 Å². The average molecular weight is 317 g/mol. The predicted molar refractivity (Wildman–Crippen MR) is 72.6 cm³/mol. The first kappa shape index (κ1) is 14.8. The van der Waals surface area contributed by atoms with Gasteiger partial charge >= 0.3 is 6.09 Å². The highest BCUT2D eigenvalue weighted by Gasteiger charge is 2.15. The summed E-state index contributed by atoms with van der Waals surface area (Å²) in [6.07, 6.45) is 1.20. The Hall–Kier alpha value is -1.30. The van der Waals surface area contributed by atoms with Crippen LogP contribution in [0, 0.1) is 0 Å². The van der Waals surface area contributed by atoms with E-state index >= 15 is 0 Å². The fourth-order valence-corrected chi connectivity index (χ4v) is 1.65. The molecule has 1 rings (SSSR count). The number of aromatic nitrogens is 1. The smallest absolute Gasteiger partial charge is 0.407 e. The second kappa shape index (κ2) is 6.04. The number of carbonyl (C=O) groups is 1. The van der Waals surface area contributed by atoms with Gasteiger partial charge in [0.15, 0.2) is 0 Å². The topological polar surface area (TPSA) is 60.3 Å². The van der Waals surface area contributed by atoms with Gasteiger partial charge in [-0.15, -0.1) is 0 Å². The van der Waals surface area contributed by atoms with Crippen LogP contribution in [0.1, 0.15) is 20.8 Å². The molecular formula is C12H17BrN2O3. The van der Waals surface area contributed by atoms with E-state index in [0.717, 1.165) is 4.47 Å². The molecule has 0 saturated carbocycles. The van der Waals surface area contributed by atoms with Gasteiger partial charge in [-0.1, -0.05) is 0 Å². The van der Waals surface area contributed by atoms with E-state index in [0.29, 0.717) is 13.1 Å². The summed E-state index contributed by atoms with van der Waals surface area (Å²) in [4.78, 5) is 22.8. The van der Waals surface area contributed by atoms with E-state index in [1.165, 1.54) is 10.6 Å². The zero-order valence-electron chi connectivity index (χ0n) is 10.7. The maximum absolute atomic E-state index is 11.5. The zero-order chi connectivity index (χ0) is 13.8. The normalized spacial score (nSPS) is 11.1. The molecule has 0 spiro atoms. The minimum Gasteiger partial charge on any atom is -0.444 e. The van der Waals surface area contributed by atoms with Crippen molar-refractivity contribution in [3.05, 3.63) is 33.2 Å². The quantitative estimate of drug-likeness (QED) is 0.929. The summed E-state index contributed by atoms with van der Waals surface area (Å²) in [6.45, 7) is 6.13. The number of ether oxygens (including phenoxy) is 1. The largest absolute Gasteiger partial charge is 0.444 e. The van der Waals surface area contributed by atoms with Crippen molar-refractivity contribution in [2.24, 2.45) is 0 Å². The highest BCUT2D eigenvalue weighted by molar-refractivity contribution is 9.10. The van der Waals surface area contributed by atoms with Gasteiger partial charge in [0.05, 0.1) is 0 Å². The lowest BCUT2D eigenvalue weighted by molar-refractivity contribution is 0.0526. The lowest BCUT2D eigenvalue weighted by Crippen LogP contribution is -2.35. The van der Waals surface area contributed by atoms with Gasteiger partial charge in [0, 0.05) is 29.8 Å². The Morgan fingerprint density at radius 3 is 2.72 bits per heavy atom. The van der Waals surface area contributed by atoms with Crippen molar-refractivity contribution in [3.8, 4) is 0 Å². The maximum atomic E-state index is 11.5. The Labute approximate surface area is 114 Å². The van der Waals surface area contributed by atoms with Gasteiger partial charge in [-0.05, 0) is 42.8 Å². The van der Waals surface area contributed by atoms with Gasteiger partial charge in [-0.3, -0.25) is 4.79 Å². The monoisotopic (exact) mass is 316 g/mol. The molecule has 0 aromatic carbocycles. The third-order valence-electron chi connectivity index (χ3n) is 1.97. The minimum absolute atomic E-state index is 0.107. The predicted octanol–water partition coefficient (Wildman–Crippen LogP) is 2.14. The fourth-order valence-electron chi connectivity index (χ4n) is 1.27. The van der Waals surface area contributed by atoms with Crippen molar-refractivity contribution in [1.82, 2.24) is 9.88 Å². The molecule has 0 fully saturated rings. The van der Waals surface area contributed by atoms with Crippen LogP contribution in [0.3, 0.4) is 0 Å². The number of amides is 1. The van der Waals surface area contributed by atoms with Gasteiger partial charge < -0.3 is 14.6 Å². The van der Waals surface area contributed by atoms with Crippen molar-refractivity contribution >= 4 is 22.0 Å². The number of rotatable bonds is 3. The molecule has 0 radical (unpaired) electrons. The molecule has 0 atom stereocenters. The van der Waals surface area contributed by atoms with Gasteiger partial charge in [0.1, 0.15) is 5.60 Å². The molecule has 1 heterocycles. The van der Waals surface area contributed by atoms with Crippen LogP contribution in [-0.2, 0) is 11.3 Å². The Kier molecular flexibility index (Phi) is 4.95. The van der Waals surface area contributed by atoms with Crippen molar-refractivity contribution in [2.45, 2.75) is 32.9 Å². The van der Waals surface area contributed by atoms with Crippen LogP contribution in [0.15, 0.2) is 27.6 Å². The first-order valence-electron chi connectivity index (χ1n) is 5.61. The molecule has 5 nitrogen and oxygen atoms in total. The van der Waals surface area contributed by atoms with Crippen molar-refractivity contribution in [2.75, 3.05) is 6.54 Å². The average Bonchev–Trinajstić information content (AvgIpc) is 2.20. The third kappa shape index (κ3) is 5.35. The van der Waals surface area contributed by atoms with Gasteiger partial charge in [0.2, 0.25) is 0 Å². The number of carbonyl (C=O) groups excluding carboxylic acids is 1. The summed E-state index contributed by atoms with van der Waals surface area (Å²) in [5.74, 6) is 0. The number of nitrogens with zero attached hydrogens (tertiary/aromatic N) is 1. The number of hydrogen-bond acceptors (Lipinski definition) is 3. The summed E-state index contributed by atoms with van der Waals surface area (Å²) in [5.41, 5.74) is -0.624. The van der Waals surface area contributed by atoms with E-state index < -0.39 is 11.7 Å². The molecule has 1 N–H and O–H groups in total. The summed E-state index contributed by atoms with van der Waals surface area (Å²) in [5, 5.41) is 2.60. The van der Waals surface area contributed by atoms with Crippen LogP contribution < -0.4 is 10.9 Å². The SMILES string of the molecule is CC(C)(C)OC(=O)NCCn1cc(Br)ccc1=O.